The quantitative estimate of drug-likeness (QED) is 0.849. The molecule has 0 unspecified atom stereocenters. The van der Waals surface area contributed by atoms with Crippen LogP contribution in [0.4, 0.5) is 0 Å². The summed E-state index contributed by atoms with van der Waals surface area (Å²) in [7, 11) is 0. The van der Waals surface area contributed by atoms with E-state index in [0.29, 0.717) is 12.6 Å². The Morgan fingerprint density at radius 2 is 2.00 bits per heavy atom. The number of morpholine rings is 1. The van der Waals surface area contributed by atoms with Crippen molar-refractivity contribution >= 4 is 0 Å². The first kappa shape index (κ1) is 14.2. The Morgan fingerprint density at radius 1 is 1.19 bits per heavy atom. The third kappa shape index (κ3) is 3.46. The molecule has 1 aromatic heterocycles. The lowest BCUT2D eigenvalue weighted by molar-refractivity contribution is -0.0538. The van der Waals surface area contributed by atoms with Crippen LogP contribution in [-0.4, -0.2) is 50.4 Å². The smallest absolute Gasteiger partial charge is 0.165 e. The second-order valence-electron chi connectivity index (χ2n) is 5.66. The highest BCUT2D eigenvalue weighted by molar-refractivity contribution is 5.14. The van der Waals surface area contributed by atoms with Gasteiger partial charge in [-0.3, -0.25) is 4.90 Å². The van der Waals surface area contributed by atoms with Crippen molar-refractivity contribution in [1.29, 1.82) is 0 Å². The summed E-state index contributed by atoms with van der Waals surface area (Å²) in [6, 6.07) is 10.6. The highest BCUT2D eigenvalue weighted by atomic mass is 16.5. The number of aromatic nitrogens is 4. The average Bonchev–Trinajstić information content (AvgIpc) is 2.91. The van der Waals surface area contributed by atoms with E-state index >= 15 is 0 Å². The molecule has 2 aromatic rings. The van der Waals surface area contributed by atoms with E-state index in [2.05, 4.69) is 46.4 Å². The molecule has 1 aliphatic heterocycles. The third-order valence-corrected chi connectivity index (χ3v) is 3.86. The van der Waals surface area contributed by atoms with Crippen molar-refractivity contribution in [2.75, 3.05) is 13.2 Å². The molecular formula is C15H21N5O. The Balaban J connectivity index is 1.70. The third-order valence-electron chi connectivity index (χ3n) is 3.86. The minimum atomic E-state index is 0.264. The summed E-state index contributed by atoms with van der Waals surface area (Å²) >= 11 is 0. The minimum Gasteiger partial charge on any atom is -0.376 e. The molecule has 1 saturated heterocycles. The molecule has 1 aromatic carbocycles. The summed E-state index contributed by atoms with van der Waals surface area (Å²) in [5.41, 5.74) is 1.20. The maximum Gasteiger partial charge on any atom is 0.165 e. The lowest BCUT2D eigenvalue weighted by Gasteiger charge is -2.36. The van der Waals surface area contributed by atoms with Gasteiger partial charge in [-0.1, -0.05) is 30.3 Å². The SMILES string of the molecule is C[C@@H]1CN(Cc2nnnn2Cc2ccccc2)[C@H](C)CO1. The fourth-order valence-electron chi connectivity index (χ4n) is 2.59. The van der Waals surface area contributed by atoms with Crippen LogP contribution >= 0.6 is 0 Å². The monoisotopic (exact) mass is 287 g/mol. The predicted octanol–water partition coefficient (Wildman–Crippen LogP) is 1.33. The highest BCUT2D eigenvalue weighted by Gasteiger charge is 2.25. The number of hydrogen-bond acceptors (Lipinski definition) is 5. The molecule has 0 aliphatic carbocycles. The molecule has 6 heteroatoms. The molecule has 0 radical (unpaired) electrons. The van der Waals surface area contributed by atoms with Crippen LogP contribution in [0, 0.1) is 0 Å². The summed E-state index contributed by atoms with van der Waals surface area (Å²) in [4.78, 5) is 2.38. The van der Waals surface area contributed by atoms with E-state index in [1.54, 1.807) is 0 Å². The molecule has 0 spiro atoms. The van der Waals surface area contributed by atoms with E-state index in [1.165, 1.54) is 5.56 Å². The van der Waals surface area contributed by atoms with Gasteiger partial charge in [-0.25, -0.2) is 4.68 Å². The van der Waals surface area contributed by atoms with Crippen molar-refractivity contribution in [1.82, 2.24) is 25.1 Å². The molecule has 1 fully saturated rings. The van der Waals surface area contributed by atoms with Gasteiger partial charge in [0.1, 0.15) is 0 Å². The van der Waals surface area contributed by atoms with Crippen molar-refractivity contribution in [3.05, 3.63) is 41.7 Å². The van der Waals surface area contributed by atoms with Crippen molar-refractivity contribution in [3.8, 4) is 0 Å². The summed E-state index contributed by atoms with van der Waals surface area (Å²) in [5.74, 6) is 0.903. The van der Waals surface area contributed by atoms with Crippen LogP contribution in [-0.2, 0) is 17.8 Å². The first-order valence-corrected chi connectivity index (χ1v) is 7.37. The molecule has 0 saturated carbocycles. The zero-order valence-electron chi connectivity index (χ0n) is 12.5. The number of ether oxygens (including phenoxy) is 1. The van der Waals surface area contributed by atoms with Crippen LogP contribution in [0.5, 0.6) is 0 Å². The summed E-state index contributed by atoms with van der Waals surface area (Å²) < 4.78 is 7.54. The first-order valence-electron chi connectivity index (χ1n) is 7.37. The number of rotatable bonds is 4. The zero-order chi connectivity index (χ0) is 14.7. The van der Waals surface area contributed by atoms with E-state index in [0.717, 1.165) is 25.5 Å². The van der Waals surface area contributed by atoms with Crippen molar-refractivity contribution < 1.29 is 4.74 Å². The Morgan fingerprint density at radius 3 is 2.81 bits per heavy atom. The van der Waals surface area contributed by atoms with Gasteiger partial charge in [0, 0.05) is 12.6 Å². The van der Waals surface area contributed by atoms with Crippen LogP contribution in [0.3, 0.4) is 0 Å². The van der Waals surface area contributed by atoms with Gasteiger partial charge >= 0.3 is 0 Å². The van der Waals surface area contributed by atoms with Gasteiger partial charge in [0.15, 0.2) is 5.82 Å². The summed E-state index contributed by atoms with van der Waals surface area (Å²) in [5, 5.41) is 12.1. The number of nitrogens with zero attached hydrogens (tertiary/aromatic N) is 5. The molecule has 2 heterocycles. The highest BCUT2D eigenvalue weighted by Crippen LogP contribution is 2.14. The Hall–Kier alpha value is -1.79. The zero-order valence-corrected chi connectivity index (χ0v) is 12.5. The van der Waals surface area contributed by atoms with Gasteiger partial charge in [-0.2, -0.15) is 0 Å². The Bertz CT molecular complexity index is 570. The maximum absolute atomic E-state index is 5.67. The molecule has 6 nitrogen and oxygen atoms in total. The number of tetrazole rings is 1. The van der Waals surface area contributed by atoms with Gasteiger partial charge in [-0.05, 0) is 29.8 Å². The van der Waals surface area contributed by atoms with Crippen molar-refractivity contribution in [3.63, 3.8) is 0 Å². The molecule has 0 bridgehead atoms. The van der Waals surface area contributed by atoms with Crippen molar-refractivity contribution in [2.45, 2.75) is 39.1 Å². The van der Waals surface area contributed by atoms with E-state index in [1.807, 2.05) is 22.9 Å². The van der Waals surface area contributed by atoms with Gasteiger partial charge in [0.2, 0.25) is 0 Å². The lowest BCUT2D eigenvalue weighted by Crippen LogP contribution is -2.47. The fraction of sp³-hybridized carbons (Fsp3) is 0.533. The second-order valence-corrected chi connectivity index (χ2v) is 5.66. The molecule has 0 N–H and O–H groups in total. The number of hydrogen-bond donors (Lipinski definition) is 0. The molecule has 112 valence electrons. The Kier molecular flexibility index (Phi) is 4.26. The van der Waals surface area contributed by atoms with E-state index in [-0.39, 0.29) is 6.10 Å². The summed E-state index contributed by atoms with van der Waals surface area (Å²) in [6.07, 6.45) is 0.264. The first-order chi connectivity index (χ1) is 10.2. The standard InChI is InChI=1S/C15H21N5O/c1-12-11-21-13(2)8-19(12)10-15-16-17-18-20(15)9-14-6-4-3-5-7-14/h3-7,12-13H,8-11H2,1-2H3/t12-,13-/m1/s1. The van der Waals surface area contributed by atoms with Gasteiger partial charge < -0.3 is 4.74 Å². The summed E-state index contributed by atoms with van der Waals surface area (Å²) in [6.45, 7) is 7.43. The fourth-order valence-corrected chi connectivity index (χ4v) is 2.59. The van der Waals surface area contributed by atoms with Crippen molar-refractivity contribution in [2.24, 2.45) is 0 Å². The van der Waals surface area contributed by atoms with Gasteiger partial charge in [0.05, 0.1) is 25.8 Å². The predicted molar refractivity (Wildman–Crippen MR) is 78.6 cm³/mol. The minimum absolute atomic E-state index is 0.264. The maximum atomic E-state index is 5.67. The topological polar surface area (TPSA) is 56.1 Å². The molecule has 2 atom stereocenters. The van der Waals surface area contributed by atoms with Crippen LogP contribution in [0.2, 0.25) is 0 Å². The lowest BCUT2D eigenvalue weighted by atomic mass is 10.2. The molecule has 0 amide bonds. The molecule has 21 heavy (non-hydrogen) atoms. The van der Waals surface area contributed by atoms with E-state index < -0.39 is 0 Å². The number of benzene rings is 1. The van der Waals surface area contributed by atoms with E-state index in [4.69, 9.17) is 4.74 Å². The van der Waals surface area contributed by atoms with Crippen LogP contribution in [0.1, 0.15) is 25.2 Å². The van der Waals surface area contributed by atoms with Crippen LogP contribution in [0.25, 0.3) is 0 Å². The van der Waals surface area contributed by atoms with Gasteiger partial charge in [0.25, 0.3) is 0 Å². The van der Waals surface area contributed by atoms with Crippen LogP contribution < -0.4 is 0 Å². The van der Waals surface area contributed by atoms with Gasteiger partial charge in [-0.15, -0.1) is 5.10 Å². The molecular weight excluding hydrogens is 266 g/mol. The average molecular weight is 287 g/mol. The Labute approximate surface area is 124 Å². The molecule has 3 rings (SSSR count). The second kappa shape index (κ2) is 6.32. The normalized spacial score (nSPS) is 23.3. The molecule has 1 aliphatic rings. The van der Waals surface area contributed by atoms with E-state index in [9.17, 15) is 0 Å². The van der Waals surface area contributed by atoms with Crippen LogP contribution in [0.15, 0.2) is 30.3 Å². The largest absolute Gasteiger partial charge is 0.376 e.